The summed E-state index contributed by atoms with van der Waals surface area (Å²) < 4.78 is 0. The summed E-state index contributed by atoms with van der Waals surface area (Å²) in [7, 11) is 0. The summed E-state index contributed by atoms with van der Waals surface area (Å²) >= 11 is 0. The van der Waals surface area contributed by atoms with Crippen molar-refractivity contribution < 1.29 is 0 Å². The van der Waals surface area contributed by atoms with Crippen molar-refractivity contribution >= 4 is 11.8 Å². The largest absolute Gasteiger partial charge is 0.315 e. The lowest BCUT2D eigenvalue weighted by atomic mass is 9.74. The monoisotopic (exact) mass is 723 g/mol. The molecule has 0 fully saturated rings. The molecule has 0 bridgehead atoms. The first-order chi connectivity index (χ1) is 26.8. The maximum atomic E-state index is 2.51. The molecule has 2 aromatic rings. The molecule has 7 rings (SSSR count). The van der Waals surface area contributed by atoms with Gasteiger partial charge in [0.05, 0.1) is 0 Å². The van der Waals surface area contributed by atoms with Crippen molar-refractivity contribution in [2.75, 3.05) is 4.90 Å². The Kier molecular flexibility index (Phi) is 12.7. The van der Waals surface area contributed by atoms with Crippen molar-refractivity contribution in [1.29, 1.82) is 0 Å². The third kappa shape index (κ3) is 10.3. The zero-order chi connectivity index (χ0) is 38.1. The van der Waals surface area contributed by atoms with E-state index in [1.54, 1.807) is 0 Å². The summed E-state index contributed by atoms with van der Waals surface area (Å²) in [4.78, 5) is 2.45. The van der Waals surface area contributed by atoms with E-state index < -0.39 is 0 Å². The van der Waals surface area contributed by atoms with Crippen LogP contribution in [0.25, 0.3) is 6.08 Å². The van der Waals surface area contributed by atoms with Gasteiger partial charge >= 0.3 is 0 Å². The van der Waals surface area contributed by atoms with Crippen molar-refractivity contribution in [3.8, 4) is 0 Å². The highest BCUT2D eigenvalue weighted by molar-refractivity contribution is 5.62. The highest BCUT2D eigenvalue weighted by Crippen LogP contribution is 2.40. The van der Waals surface area contributed by atoms with Crippen molar-refractivity contribution in [2.45, 2.75) is 91.9 Å². The van der Waals surface area contributed by atoms with Crippen LogP contribution in [0.1, 0.15) is 102 Å². The van der Waals surface area contributed by atoms with E-state index >= 15 is 0 Å². The molecule has 282 valence electrons. The van der Waals surface area contributed by atoms with Crippen LogP contribution in [0.4, 0.5) is 5.69 Å². The average Bonchev–Trinajstić information content (AvgIpc) is 3.22. The number of aryl methyl sites for hydroxylation is 1. The van der Waals surface area contributed by atoms with E-state index in [1.165, 1.54) is 68.1 Å². The molecule has 5 unspecified atom stereocenters. The lowest BCUT2D eigenvalue weighted by Crippen LogP contribution is -2.23. The minimum Gasteiger partial charge on any atom is -0.315 e. The van der Waals surface area contributed by atoms with Crippen LogP contribution in [-0.4, -0.2) is 0 Å². The predicted octanol–water partition coefficient (Wildman–Crippen LogP) is 15.0. The minimum absolute atomic E-state index is 0.469. The molecular formula is C54H61N. The van der Waals surface area contributed by atoms with Crippen LogP contribution in [0, 0.1) is 30.6 Å². The molecule has 5 atom stereocenters. The summed E-state index contributed by atoms with van der Waals surface area (Å²) in [5.74, 6) is 2.85. The van der Waals surface area contributed by atoms with Crippen LogP contribution >= 0.6 is 0 Å². The minimum atomic E-state index is 0.469. The number of hydrogen-bond donors (Lipinski definition) is 0. The average molecular weight is 724 g/mol. The molecule has 1 nitrogen and oxygen atoms in total. The fourth-order valence-corrected chi connectivity index (χ4v) is 8.45. The molecule has 1 heteroatoms. The lowest BCUT2D eigenvalue weighted by molar-refractivity contribution is 0.415. The SMILES string of the molecule is CC1=CCC(CC(C2=CCC(C)C=C2)C(C)c2ccc(C=CC3=CC=C(C=CC4=CC=C(N(C5=CCC(C)C=C5)c5ccc(C)cc5)CC4)CC3)cc2)C=C1. The van der Waals surface area contributed by atoms with E-state index in [0.717, 1.165) is 44.9 Å². The molecule has 5 aliphatic carbocycles. The van der Waals surface area contributed by atoms with E-state index in [2.05, 4.69) is 191 Å². The Morgan fingerprint density at radius 3 is 1.84 bits per heavy atom. The first kappa shape index (κ1) is 38.4. The quantitative estimate of drug-likeness (QED) is 0.211. The van der Waals surface area contributed by atoms with Gasteiger partial charge in [0, 0.05) is 17.1 Å². The van der Waals surface area contributed by atoms with Gasteiger partial charge in [-0.15, -0.1) is 0 Å². The second kappa shape index (κ2) is 18.2. The normalized spacial score (nSPS) is 23.7. The highest BCUT2D eigenvalue weighted by atomic mass is 15.2. The van der Waals surface area contributed by atoms with Crippen molar-refractivity contribution in [3.05, 3.63) is 202 Å². The molecule has 2 aromatic carbocycles. The summed E-state index contributed by atoms with van der Waals surface area (Å²) in [5, 5.41) is 0. The van der Waals surface area contributed by atoms with Crippen molar-refractivity contribution in [3.63, 3.8) is 0 Å². The zero-order valence-electron chi connectivity index (χ0n) is 33.9. The number of benzene rings is 2. The molecule has 0 saturated heterocycles. The number of nitrogens with zero attached hydrogens (tertiary/aromatic N) is 1. The number of hydrogen-bond acceptors (Lipinski definition) is 1. The summed E-state index contributed by atoms with van der Waals surface area (Å²) in [6.07, 6.45) is 48.9. The van der Waals surface area contributed by atoms with Crippen LogP contribution in [0.15, 0.2) is 185 Å². The number of anilines is 1. The Morgan fingerprint density at radius 2 is 1.27 bits per heavy atom. The standard InChI is InChI=1S/C54H61N/c1-39-6-14-48(15-7-39)38-54(50-28-8-40(2)9-29-50)43(5)49-30-24-46(25-31-49)22-20-44-16-18-45(19-17-44)21-23-47-26-36-53(37-27-47)55(51-32-10-41(3)11-33-51)52-34-12-42(4)13-35-52/h6-8,10-12,14,16,18,20-26,28-36,40,42-43,48,54H,9,13,15,17,19,27,37-38H2,1-5H3. The molecule has 0 radical (unpaired) electrons. The van der Waals surface area contributed by atoms with Gasteiger partial charge in [-0.2, -0.15) is 0 Å². The second-order valence-electron chi connectivity index (χ2n) is 16.8. The van der Waals surface area contributed by atoms with Gasteiger partial charge in [-0.25, -0.2) is 0 Å². The first-order valence-corrected chi connectivity index (χ1v) is 21.0. The molecule has 0 aliphatic heterocycles. The Balaban J connectivity index is 0.968. The Labute approximate surface area is 332 Å². The van der Waals surface area contributed by atoms with Gasteiger partial charge in [0.25, 0.3) is 0 Å². The highest BCUT2D eigenvalue weighted by Gasteiger charge is 2.26. The maximum absolute atomic E-state index is 2.51. The summed E-state index contributed by atoms with van der Waals surface area (Å²) in [6, 6.07) is 18.3. The van der Waals surface area contributed by atoms with Crippen molar-refractivity contribution in [1.82, 2.24) is 0 Å². The molecule has 0 N–H and O–H groups in total. The van der Waals surface area contributed by atoms with Gasteiger partial charge in [-0.3, -0.25) is 0 Å². The van der Waals surface area contributed by atoms with Gasteiger partial charge in [-0.05, 0) is 153 Å². The van der Waals surface area contributed by atoms with Crippen molar-refractivity contribution in [2.24, 2.45) is 23.7 Å². The molecule has 0 saturated carbocycles. The second-order valence-corrected chi connectivity index (χ2v) is 16.8. The molecule has 55 heavy (non-hydrogen) atoms. The molecule has 5 aliphatic rings. The van der Waals surface area contributed by atoms with Crippen LogP contribution in [0.3, 0.4) is 0 Å². The Bertz CT molecular complexity index is 2060. The predicted molar refractivity (Wildman–Crippen MR) is 239 cm³/mol. The van der Waals surface area contributed by atoms with E-state index in [1.807, 2.05) is 0 Å². The van der Waals surface area contributed by atoms with Gasteiger partial charge in [0.2, 0.25) is 0 Å². The fourth-order valence-electron chi connectivity index (χ4n) is 8.45. The third-order valence-corrected chi connectivity index (χ3v) is 12.3. The zero-order valence-corrected chi connectivity index (χ0v) is 33.9. The number of rotatable bonds is 12. The van der Waals surface area contributed by atoms with Crippen LogP contribution in [-0.2, 0) is 0 Å². The van der Waals surface area contributed by atoms with Gasteiger partial charge < -0.3 is 4.90 Å². The summed E-state index contributed by atoms with van der Waals surface area (Å²) in [6.45, 7) is 11.4. The smallest absolute Gasteiger partial charge is 0.0458 e. The number of allylic oxidation sites excluding steroid dienone is 22. The molecule has 0 amide bonds. The molecule has 0 heterocycles. The van der Waals surface area contributed by atoms with Gasteiger partial charge in [0.15, 0.2) is 0 Å². The Morgan fingerprint density at radius 1 is 0.636 bits per heavy atom. The summed E-state index contributed by atoms with van der Waals surface area (Å²) in [5.41, 5.74) is 15.0. The maximum Gasteiger partial charge on any atom is 0.0458 e. The first-order valence-electron chi connectivity index (χ1n) is 21.0. The lowest BCUT2D eigenvalue weighted by Gasteiger charge is -2.32. The fraction of sp³-hybridized carbons (Fsp3) is 0.333. The third-order valence-electron chi connectivity index (χ3n) is 12.3. The topological polar surface area (TPSA) is 3.24 Å². The molecule has 0 spiro atoms. The van der Waals surface area contributed by atoms with Gasteiger partial charge in [-0.1, -0.05) is 159 Å². The molecule has 0 aromatic heterocycles. The van der Waals surface area contributed by atoms with E-state index in [0.29, 0.717) is 29.6 Å². The van der Waals surface area contributed by atoms with E-state index in [9.17, 15) is 0 Å². The van der Waals surface area contributed by atoms with Crippen LogP contribution in [0.5, 0.6) is 0 Å². The van der Waals surface area contributed by atoms with Gasteiger partial charge in [0.1, 0.15) is 0 Å². The van der Waals surface area contributed by atoms with E-state index in [-0.39, 0.29) is 0 Å². The molecular weight excluding hydrogens is 663 g/mol. The van der Waals surface area contributed by atoms with Crippen LogP contribution < -0.4 is 4.90 Å². The Hall–Kier alpha value is -4.88. The van der Waals surface area contributed by atoms with E-state index in [4.69, 9.17) is 0 Å². The van der Waals surface area contributed by atoms with Crippen LogP contribution in [0.2, 0.25) is 0 Å².